The van der Waals surface area contributed by atoms with Gasteiger partial charge in [-0.05, 0) is 19.3 Å². The van der Waals surface area contributed by atoms with Gasteiger partial charge in [-0.25, -0.2) is 13.2 Å². The first kappa shape index (κ1) is 20.3. The molecule has 2 aliphatic carbocycles. The fraction of sp³-hybridized carbons (Fsp3) is 0.409. The minimum atomic E-state index is -1.19. The van der Waals surface area contributed by atoms with Crippen molar-refractivity contribution in [1.82, 2.24) is 14.8 Å². The molecular formula is C22H18F3N3O5. The number of fused-ring (bicyclic) bond motifs is 3. The normalized spacial score (nSPS) is 28.8. The van der Waals surface area contributed by atoms with Crippen molar-refractivity contribution in [2.45, 2.75) is 50.7 Å². The summed E-state index contributed by atoms with van der Waals surface area (Å²) in [5.74, 6) is -5.89. The number of benzene rings is 1. The molecule has 2 aromatic rings. The highest BCUT2D eigenvalue weighted by Gasteiger charge is 2.72. The minimum Gasteiger partial charge on any atom is -0.503 e. The van der Waals surface area contributed by atoms with Gasteiger partial charge < -0.3 is 24.6 Å². The van der Waals surface area contributed by atoms with E-state index < -0.39 is 64.3 Å². The standard InChI is InChI=1S/C22H18F3N3O5/c23-9-3-12(24)10(13(25)4-9)6-26-20(31)11-7-27-8-16-28(21(32)17(27)19(30)18(11)29)14-5-22(14)2-1-15(22)33-16/h3-4,7,14-16,30H,1-2,5-6,8H2,(H,26,31)/t14?,15?,16-,22?/m1/s1. The van der Waals surface area contributed by atoms with Gasteiger partial charge in [0.05, 0.1) is 12.6 Å². The molecule has 2 N–H and O–H groups in total. The van der Waals surface area contributed by atoms with Crippen LogP contribution in [0, 0.1) is 22.9 Å². The lowest BCUT2D eigenvalue weighted by Gasteiger charge is -2.50. The number of halogens is 3. The monoisotopic (exact) mass is 461 g/mol. The van der Waals surface area contributed by atoms with Gasteiger partial charge in [-0.15, -0.1) is 0 Å². The highest BCUT2D eigenvalue weighted by molar-refractivity contribution is 5.99. The van der Waals surface area contributed by atoms with Crippen LogP contribution in [0.15, 0.2) is 23.1 Å². The molecule has 2 amide bonds. The van der Waals surface area contributed by atoms with Crippen molar-refractivity contribution in [2.75, 3.05) is 0 Å². The third-order valence-corrected chi connectivity index (χ3v) is 7.38. The zero-order chi connectivity index (χ0) is 23.2. The summed E-state index contributed by atoms with van der Waals surface area (Å²) in [4.78, 5) is 40.0. The molecule has 0 radical (unpaired) electrons. The molecule has 0 bridgehead atoms. The molecule has 1 aromatic carbocycles. The summed E-state index contributed by atoms with van der Waals surface area (Å²) < 4.78 is 48.1. The third kappa shape index (κ3) is 2.71. The summed E-state index contributed by atoms with van der Waals surface area (Å²) in [5, 5.41) is 12.7. The average molecular weight is 461 g/mol. The van der Waals surface area contributed by atoms with E-state index in [-0.39, 0.29) is 29.8 Å². The average Bonchev–Trinajstić information content (AvgIpc) is 3.50. The van der Waals surface area contributed by atoms with Crippen molar-refractivity contribution in [3.05, 3.63) is 62.8 Å². The Morgan fingerprint density at radius 1 is 1.24 bits per heavy atom. The highest BCUT2D eigenvalue weighted by Crippen LogP contribution is 2.67. The van der Waals surface area contributed by atoms with Gasteiger partial charge in [0.25, 0.3) is 11.8 Å². The molecule has 172 valence electrons. The first-order valence-corrected chi connectivity index (χ1v) is 10.6. The molecule has 1 spiro atoms. The van der Waals surface area contributed by atoms with E-state index in [0.29, 0.717) is 12.1 Å². The number of aromatic hydroxyl groups is 1. The van der Waals surface area contributed by atoms with Crippen LogP contribution in [0.4, 0.5) is 13.2 Å². The summed E-state index contributed by atoms with van der Waals surface area (Å²) in [6, 6.07) is 0.972. The van der Waals surface area contributed by atoms with E-state index >= 15 is 0 Å². The summed E-state index contributed by atoms with van der Waals surface area (Å²) in [5.41, 5.74) is -2.38. The number of carbonyl (C=O) groups is 2. The predicted octanol–water partition coefficient (Wildman–Crippen LogP) is 1.63. The number of amides is 2. The van der Waals surface area contributed by atoms with Gasteiger partial charge in [-0.3, -0.25) is 14.4 Å². The molecule has 6 rings (SSSR count). The Kier molecular flexibility index (Phi) is 4.05. The van der Waals surface area contributed by atoms with E-state index in [4.69, 9.17) is 4.74 Å². The maximum Gasteiger partial charge on any atom is 0.276 e. The number of carbonyl (C=O) groups excluding carboxylic acids is 2. The Balaban J connectivity index is 1.29. The number of rotatable bonds is 3. The smallest absolute Gasteiger partial charge is 0.276 e. The molecule has 4 aliphatic rings. The van der Waals surface area contributed by atoms with Crippen molar-refractivity contribution in [1.29, 1.82) is 0 Å². The Hall–Kier alpha value is -3.34. The molecule has 1 aromatic heterocycles. The molecule has 3 unspecified atom stereocenters. The van der Waals surface area contributed by atoms with Crippen molar-refractivity contribution >= 4 is 11.8 Å². The number of aromatic nitrogens is 1. The lowest BCUT2D eigenvalue weighted by atomic mass is 9.76. The van der Waals surface area contributed by atoms with Gasteiger partial charge in [-0.2, -0.15) is 0 Å². The van der Waals surface area contributed by atoms with E-state index in [2.05, 4.69) is 5.32 Å². The molecule has 2 aliphatic heterocycles. The molecule has 8 nitrogen and oxygen atoms in total. The van der Waals surface area contributed by atoms with E-state index in [9.17, 15) is 32.7 Å². The minimum absolute atomic E-state index is 0.00499. The van der Waals surface area contributed by atoms with Crippen LogP contribution < -0.4 is 10.7 Å². The van der Waals surface area contributed by atoms with Gasteiger partial charge in [0.1, 0.15) is 23.0 Å². The van der Waals surface area contributed by atoms with Crippen molar-refractivity contribution in [2.24, 2.45) is 5.41 Å². The lowest BCUT2D eigenvalue weighted by molar-refractivity contribution is -0.196. The first-order valence-electron chi connectivity index (χ1n) is 10.6. The van der Waals surface area contributed by atoms with Crippen LogP contribution in [0.1, 0.15) is 45.7 Å². The summed E-state index contributed by atoms with van der Waals surface area (Å²) in [6.45, 7) is -0.526. The summed E-state index contributed by atoms with van der Waals surface area (Å²) in [6.07, 6.45) is 3.37. The fourth-order valence-corrected chi connectivity index (χ4v) is 5.46. The first-order chi connectivity index (χ1) is 15.7. The SMILES string of the molecule is O=C(NCc1c(F)cc(F)cc1F)c1cn2c(c(O)c1=O)C(=O)N1C3CC34CCC4O[C@@H]1C2. The number of hydrogen-bond acceptors (Lipinski definition) is 5. The predicted molar refractivity (Wildman–Crippen MR) is 105 cm³/mol. The lowest BCUT2D eigenvalue weighted by Crippen LogP contribution is -2.61. The molecule has 3 heterocycles. The Morgan fingerprint density at radius 3 is 2.64 bits per heavy atom. The van der Waals surface area contributed by atoms with Crippen LogP contribution in [0.25, 0.3) is 0 Å². The van der Waals surface area contributed by atoms with Crippen LogP contribution in [-0.4, -0.2) is 44.8 Å². The summed E-state index contributed by atoms with van der Waals surface area (Å²) >= 11 is 0. The van der Waals surface area contributed by atoms with E-state index in [1.165, 1.54) is 4.57 Å². The molecule has 1 saturated heterocycles. The molecule has 11 heteroatoms. The number of hydrogen-bond donors (Lipinski definition) is 2. The van der Waals surface area contributed by atoms with Crippen LogP contribution in [-0.2, 0) is 17.8 Å². The maximum absolute atomic E-state index is 13.8. The molecule has 4 atom stereocenters. The topological polar surface area (TPSA) is 101 Å². The van der Waals surface area contributed by atoms with Crippen molar-refractivity contribution < 1.29 is 32.6 Å². The van der Waals surface area contributed by atoms with Gasteiger partial charge in [-0.1, -0.05) is 0 Å². The highest BCUT2D eigenvalue weighted by atomic mass is 19.1. The molecule has 33 heavy (non-hydrogen) atoms. The summed E-state index contributed by atoms with van der Waals surface area (Å²) in [7, 11) is 0. The van der Waals surface area contributed by atoms with E-state index in [1.807, 2.05) is 0 Å². The molecule has 2 saturated carbocycles. The Bertz CT molecular complexity index is 1290. The zero-order valence-corrected chi connectivity index (χ0v) is 17.1. The van der Waals surface area contributed by atoms with Crippen molar-refractivity contribution in [3.8, 4) is 5.75 Å². The second-order valence-electron chi connectivity index (χ2n) is 9.04. The van der Waals surface area contributed by atoms with Crippen LogP contribution >= 0.6 is 0 Å². The Morgan fingerprint density at radius 2 is 1.97 bits per heavy atom. The van der Waals surface area contributed by atoms with Gasteiger partial charge >= 0.3 is 0 Å². The third-order valence-electron chi connectivity index (χ3n) is 7.38. The van der Waals surface area contributed by atoms with Crippen LogP contribution in [0.5, 0.6) is 5.75 Å². The zero-order valence-electron chi connectivity index (χ0n) is 17.1. The molecular weight excluding hydrogens is 443 g/mol. The quantitative estimate of drug-likeness (QED) is 0.724. The van der Waals surface area contributed by atoms with Crippen LogP contribution in [0.2, 0.25) is 0 Å². The fourth-order valence-electron chi connectivity index (χ4n) is 5.46. The number of pyridine rings is 1. The van der Waals surface area contributed by atoms with E-state index in [1.54, 1.807) is 4.90 Å². The number of ether oxygens (including phenoxy) is 1. The largest absolute Gasteiger partial charge is 0.503 e. The number of nitrogens with zero attached hydrogens (tertiary/aromatic N) is 2. The van der Waals surface area contributed by atoms with Gasteiger partial charge in [0.15, 0.2) is 17.7 Å². The second-order valence-corrected chi connectivity index (χ2v) is 9.04. The Labute approximate surface area is 184 Å². The number of nitrogens with one attached hydrogen (secondary N) is 1. The second kappa shape index (κ2) is 6.60. The van der Waals surface area contributed by atoms with Gasteiger partial charge in [0.2, 0.25) is 5.43 Å². The van der Waals surface area contributed by atoms with Gasteiger partial charge in [0, 0.05) is 41.9 Å². The maximum atomic E-state index is 13.8. The van der Waals surface area contributed by atoms with E-state index in [0.717, 1.165) is 25.5 Å². The van der Waals surface area contributed by atoms with Crippen LogP contribution in [0.3, 0.4) is 0 Å². The molecule has 3 fully saturated rings. The van der Waals surface area contributed by atoms with Crippen molar-refractivity contribution in [3.63, 3.8) is 0 Å².